The first-order valence-electron chi connectivity index (χ1n) is 28.5. The summed E-state index contributed by atoms with van der Waals surface area (Å²) >= 11 is 0. The van der Waals surface area contributed by atoms with Gasteiger partial charge in [0, 0.05) is 25.2 Å². The molecule has 0 aliphatic carbocycles. The van der Waals surface area contributed by atoms with E-state index in [2.05, 4.69) is 42.5 Å². The van der Waals surface area contributed by atoms with Crippen molar-refractivity contribution in [1.29, 1.82) is 10.8 Å². The van der Waals surface area contributed by atoms with E-state index in [9.17, 15) is 95.5 Å². The number of carbonyl (C=O) groups is 6. The normalized spacial score (nSPS) is 37.6. The predicted molar refractivity (Wildman–Crippen MR) is 298 cm³/mol. The average Bonchev–Trinajstić information content (AvgIpc) is 2.07. The monoisotopic (exact) mass is 1280 g/mol. The molecule has 6 heterocycles. The lowest BCUT2D eigenvalue weighted by Gasteiger charge is -2.46. The van der Waals surface area contributed by atoms with Crippen molar-refractivity contribution in [3.05, 3.63) is 60.2 Å². The number of nitrogens with zero attached hydrogens (tertiary/aromatic N) is 2. The van der Waals surface area contributed by atoms with Gasteiger partial charge in [-0.25, -0.2) is 0 Å². The van der Waals surface area contributed by atoms with Crippen LogP contribution >= 0.6 is 0 Å². The third-order valence-corrected chi connectivity index (χ3v) is 16.2. The van der Waals surface area contributed by atoms with Gasteiger partial charge in [-0.3, -0.25) is 44.5 Å². The van der Waals surface area contributed by atoms with E-state index in [0.29, 0.717) is 0 Å². The summed E-state index contributed by atoms with van der Waals surface area (Å²) < 4.78 is 28.2. The van der Waals surface area contributed by atoms with Crippen LogP contribution < -0.4 is 52.2 Å². The summed E-state index contributed by atoms with van der Waals surface area (Å²) in [7, 11) is 0. The summed E-state index contributed by atoms with van der Waals surface area (Å²) in [5, 5.41) is 187. The molecule has 0 aromatic heterocycles. The molecular weight excluding hydrogens is 1200 g/mol. The molecule has 6 aliphatic rings. The summed E-state index contributed by atoms with van der Waals surface area (Å²) in [6, 6.07) is 0.0239. The summed E-state index contributed by atoms with van der Waals surface area (Å²) in [6.45, 7) is -4.17. The van der Waals surface area contributed by atoms with Gasteiger partial charge in [-0.05, 0) is 36.8 Å². The van der Waals surface area contributed by atoms with E-state index in [1.807, 2.05) is 0 Å². The van der Waals surface area contributed by atoms with E-state index in [-0.39, 0.29) is 29.5 Å². The molecule has 24 unspecified atom stereocenters. The molecule has 24 atom stereocenters. The van der Waals surface area contributed by atoms with Gasteiger partial charge >= 0.3 is 0 Å². The lowest BCUT2D eigenvalue weighted by Crippen LogP contribution is -2.69. The number of benzene rings is 2. The third-order valence-electron chi connectivity index (χ3n) is 16.2. The quantitative estimate of drug-likeness (QED) is 0.0742. The highest BCUT2D eigenvalue weighted by molar-refractivity contribution is 6.04. The Morgan fingerprint density at radius 3 is 1.77 bits per heavy atom. The Labute approximate surface area is 510 Å². The van der Waals surface area contributed by atoms with Crippen LogP contribution in [0.2, 0.25) is 0 Å². The largest absolute Gasteiger partial charge is 0.462 e. The highest BCUT2D eigenvalue weighted by Gasteiger charge is 2.54. The van der Waals surface area contributed by atoms with Crippen molar-refractivity contribution in [3.63, 3.8) is 0 Å². The molecule has 0 spiro atoms. The maximum absolute atomic E-state index is 15.0. The Kier molecular flexibility index (Phi) is 22.8. The Balaban J connectivity index is 1.11. The van der Waals surface area contributed by atoms with Crippen LogP contribution in [-0.2, 0) is 54.1 Å². The molecule has 6 saturated heterocycles. The van der Waals surface area contributed by atoms with Crippen LogP contribution in [-0.4, -0.2) is 316 Å². The number of para-hydroxylation sites is 1. The second kappa shape index (κ2) is 29.9. The van der Waals surface area contributed by atoms with Crippen molar-refractivity contribution in [2.75, 3.05) is 51.0 Å². The van der Waals surface area contributed by atoms with Gasteiger partial charge in [0.1, 0.15) is 121 Å². The van der Waals surface area contributed by atoms with Crippen LogP contribution in [0, 0.1) is 10.8 Å². The van der Waals surface area contributed by atoms with Gasteiger partial charge in [0.25, 0.3) is 0 Å². The smallest absolute Gasteiger partial charge is 0.247 e. The van der Waals surface area contributed by atoms with E-state index in [4.69, 9.17) is 34.5 Å². The number of guanidine groups is 2. The summed E-state index contributed by atoms with van der Waals surface area (Å²) in [5.74, 6) is -8.35. The van der Waals surface area contributed by atoms with Gasteiger partial charge in [-0.15, -0.1) is 0 Å². The van der Waals surface area contributed by atoms with Crippen LogP contribution in [0.3, 0.4) is 0 Å². The third kappa shape index (κ3) is 14.9. The van der Waals surface area contributed by atoms with E-state index < -0.39 is 234 Å². The number of ether oxygens (including phenoxy) is 5. The minimum atomic E-state index is -2.36. The SMILES string of the molecule is CC1C(=O)NC(Cc2ccc(OC3OC(CO)C(OC4OC(CO)C(O)C(O)C4O)C(O)C3O)cc2)C(=O)NC(C(O)C2CNC(=N)N2)C(=O)NC(C(O)C2CNC(=N)N2C2OC(CO)C(O)C(O)C2O)C(=O)NC(CO)C(=O)NCC(=O)N1c1ccccc1. The van der Waals surface area contributed by atoms with Crippen molar-refractivity contribution < 1.29 is 124 Å². The number of aliphatic hydroxyl groups excluding tert-OH is 14. The first kappa shape index (κ1) is 68.8. The zero-order valence-corrected chi connectivity index (χ0v) is 47.9. The van der Waals surface area contributed by atoms with Gasteiger partial charge in [-0.1, -0.05) is 30.3 Å². The molecule has 2 aromatic rings. The Hall–Kier alpha value is -7.12. The molecule has 90 heavy (non-hydrogen) atoms. The fourth-order valence-electron chi connectivity index (χ4n) is 11.1. The van der Waals surface area contributed by atoms with Gasteiger partial charge in [0.05, 0.1) is 45.1 Å². The van der Waals surface area contributed by atoms with Crippen molar-refractivity contribution in [2.24, 2.45) is 0 Å². The maximum Gasteiger partial charge on any atom is 0.247 e. The van der Waals surface area contributed by atoms with Crippen molar-refractivity contribution in [1.82, 2.24) is 47.4 Å². The highest BCUT2D eigenvalue weighted by Crippen LogP contribution is 2.32. The van der Waals surface area contributed by atoms with E-state index in [1.54, 1.807) is 6.07 Å². The zero-order chi connectivity index (χ0) is 65.6. The lowest BCUT2D eigenvalue weighted by molar-refractivity contribution is -0.352. The predicted octanol–water partition coefficient (Wildman–Crippen LogP) is -13.1. The second-order valence-electron chi connectivity index (χ2n) is 22.2. The molecule has 0 radical (unpaired) electrons. The summed E-state index contributed by atoms with van der Waals surface area (Å²) in [4.78, 5) is 89.0. The second-order valence-corrected chi connectivity index (χ2v) is 22.2. The van der Waals surface area contributed by atoms with E-state index in [1.165, 1.54) is 55.5 Å². The molecule has 24 N–H and O–H groups in total. The minimum absolute atomic E-state index is 0.0772. The molecule has 37 heteroatoms. The Morgan fingerprint density at radius 2 is 1.14 bits per heavy atom. The van der Waals surface area contributed by atoms with Crippen LogP contribution in [0.1, 0.15) is 12.5 Å². The topological polar surface area (TPSA) is 582 Å². The number of carbonyl (C=O) groups excluding carboxylic acids is 6. The minimum Gasteiger partial charge on any atom is -0.462 e. The van der Waals surface area contributed by atoms with Crippen LogP contribution in [0.5, 0.6) is 5.75 Å². The van der Waals surface area contributed by atoms with Gasteiger partial charge in [0.15, 0.2) is 24.4 Å². The highest BCUT2D eigenvalue weighted by atomic mass is 16.7. The molecule has 6 fully saturated rings. The molecular formula is C53H76N12O25. The van der Waals surface area contributed by atoms with E-state index in [0.717, 1.165) is 9.80 Å². The average molecular weight is 1280 g/mol. The van der Waals surface area contributed by atoms with Crippen LogP contribution in [0.4, 0.5) is 5.69 Å². The number of hydrogen-bond donors (Lipinski definition) is 24. The number of hydrogen-bond acceptors (Lipinski definition) is 27. The molecule has 0 bridgehead atoms. The summed E-state index contributed by atoms with van der Waals surface area (Å²) in [6.07, 6.45) is -31.8. The number of aliphatic hydroxyl groups is 14. The number of nitrogens with one attached hydrogen (secondary N) is 10. The Morgan fingerprint density at radius 1 is 0.567 bits per heavy atom. The molecule has 498 valence electrons. The Bertz CT molecular complexity index is 2850. The molecule has 37 nitrogen and oxygen atoms in total. The van der Waals surface area contributed by atoms with Gasteiger partial charge < -0.3 is 143 Å². The zero-order valence-electron chi connectivity index (χ0n) is 47.9. The fraction of sp³-hybridized carbons (Fsp3) is 0.623. The molecule has 0 saturated carbocycles. The number of anilines is 1. The maximum atomic E-state index is 15.0. The lowest BCUT2D eigenvalue weighted by atomic mass is 9.95. The van der Waals surface area contributed by atoms with Crippen molar-refractivity contribution in [2.45, 2.75) is 160 Å². The molecule has 6 aliphatic heterocycles. The van der Waals surface area contributed by atoms with Crippen molar-refractivity contribution >= 4 is 53.0 Å². The number of rotatable bonds is 16. The standard InChI is InChI=1S/C53H76N12O25/c1-19-44(81)59-23(11-20-7-9-22(10-8-20)86-50-42(80)39(77)43(29(18-69)89-50)90-51-41(79)38(76)36(74)28(17-68)88-51)46(83)62-31(33(71)24-12-57-52(54)61-24)48(85)63-32(34(72)26-13-58-53(55)65(26)49-40(78)37(75)35(73)27(16-67)87-49)47(84)60-25(15-66)45(82)56-14-30(70)64(19)21-5-3-2-4-6-21/h2-10,19,23-29,31-43,49-51,66-69,71-80H,11-18H2,1H3,(H2,55,58)(H,56,82)(H,59,81)(H,60,84)(H,62,83)(H,63,85)(H3,54,57,61). The van der Waals surface area contributed by atoms with E-state index >= 15 is 4.79 Å². The molecule has 8 rings (SSSR count). The molecule has 6 amide bonds. The van der Waals surface area contributed by atoms with Gasteiger partial charge in [0.2, 0.25) is 41.7 Å². The summed E-state index contributed by atoms with van der Waals surface area (Å²) in [5.41, 5.74) is 0.309. The van der Waals surface area contributed by atoms with Crippen LogP contribution in [0.15, 0.2) is 54.6 Å². The fourth-order valence-corrected chi connectivity index (χ4v) is 11.1. The molecule has 2 aromatic carbocycles. The first-order valence-corrected chi connectivity index (χ1v) is 28.5. The first-order chi connectivity index (χ1) is 42.8. The van der Waals surface area contributed by atoms with Crippen LogP contribution in [0.25, 0.3) is 0 Å². The van der Waals surface area contributed by atoms with Gasteiger partial charge in [-0.2, -0.15) is 0 Å². The van der Waals surface area contributed by atoms with Crippen molar-refractivity contribution in [3.8, 4) is 5.75 Å². The number of amides is 6.